The molecule has 0 fully saturated rings. The molecule has 0 radical (unpaired) electrons. The lowest BCUT2D eigenvalue weighted by molar-refractivity contribution is -0.138. The van der Waals surface area contributed by atoms with Crippen LogP contribution in [0, 0.1) is 0 Å². The van der Waals surface area contributed by atoms with Crippen molar-refractivity contribution in [2.24, 2.45) is 0 Å². The highest BCUT2D eigenvalue weighted by molar-refractivity contribution is 6.04. The molecule has 0 unspecified atom stereocenters. The van der Waals surface area contributed by atoms with Crippen LogP contribution in [0.4, 0.5) is 18.0 Å². The predicted molar refractivity (Wildman–Crippen MR) is 148 cm³/mol. The van der Waals surface area contributed by atoms with E-state index in [-0.39, 0.29) is 36.5 Å². The molecule has 0 aliphatic carbocycles. The Hall–Kier alpha value is -4.93. The minimum atomic E-state index is -4.72. The van der Waals surface area contributed by atoms with Gasteiger partial charge in [0.2, 0.25) is 5.91 Å². The summed E-state index contributed by atoms with van der Waals surface area (Å²) in [7, 11) is 0. The second-order valence-corrected chi connectivity index (χ2v) is 9.84. The molecule has 0 saturated heterocycles. The molecule has 3 heterocycles. The average Bonchev–Trinajstić information content (AvgIpc) is 3.31. The Morgan fingerprint density at radius 1 is 1.07 bits per heavy atom. The maximum Gasteiger partial charge on any atom is 0.416 e. The van der Waals surface area contributed by atoms with Crippen molar-refractivity contribution in [2.75, 3.05) is 19.6 Å². The van der Waals surface area contributed by atoms with E-state index in [2.05, 4.69) is 22.2 Å². The Morgan fingerprint density at radius 2 is 1.79 bits per heavy atom. The Bertz CT molecular complexity index is 1530. The number of halogens is 3. The number of nitrogens with one attached hydrogen (secondary N) is 2. The molecule has 0 bridgehead atoms. The molecular formula is C31H28F3N5O3. The van der Waals surface area contributed by atoms with Gasteiger partial charge in [0.25, 0.3) is 5.91 Å². The standard InChI is InChI=1S/C31H28F3N5O3/c1-2-18-38-24-19-39(27(20-10-4-3-5-11-20)28(40)36-17-15-21-12-8-9-16-35-21)29(41)25(24)26(37-30(38)42)22-13-6-7-14-23(22)31(32,33)34/h2-14,16,26-27H,1,15,17-19H2,(H,36,40)(H,37,42)/t26-,27+/m1/s1. The summed E-state index contributed by atoms with van der Waals surface area (Å²) in [5, 5.41) is 5.46. The number of hydrogen-bond donors (Lipinski definition) is 2. The highest BCUT2D eigenvalue weighted by Gasteiger charge is 2.49. The fourth-order valence-corrected chi connectivity index (χ4v) is 5.35. The fourth-order valence-electron chi connectivity index (χ4n) is 5.35. The number of carbonyl (C=O) groups excluding carboxylic acids is 3. The van der Waals surface area contributed by atoms with E-state index in [1.807, 2.05) is 12.1 Å². The first-order valence-electron chi connectivity index (χ1n) is 13.3. The van der Waals surface area contributed by atoms with Crippen molar-refractivity contribution < 1.29 is 27.6 Å². The van der Waals surface area contributed by atoms with Gasteiger partial charge in [-0.3, -0.25) is 19.5 Å². The van der Waals surface area contributed by atoms with Crippen LogP contribution in [-0.2, 0) is 22.2 Å². The van der Waals surface area contributed by atoms with Gasteiger partial charge in [-0.25, -0.2) is 4.79 Å². The van der Waals surface area contributed by atoms with Gasteiger partial charge in [-0.1, -0.05) is 60.7 Å². The third-order valence-corrected chi connectivity index (χ3v) is 7.22. The van der Waals surface area contributed by atoms with E-state index in [0.717, 1.165) is 11.8 Å². The van der Waals surface area contributed by atoms with Crippen LogP contribution in [0.2, 0.25) is 0 Å². The van der Waals surface area contributed by atoms with Crippen molar-refractivity contribution in [1.82, 2.24) is 25.4 Å². The lowest BCUT2D eigenvalue weighted by atomic mass is 9.91. The van der Waals surface area contributed by atoms with E-state index in [0.29, 0.717) is 12.0 Å². The van der Waals surface area contributed by atoms with Crippen LogP contribution >= 0.6 is 0 Å². The smallest absolute Gasteiger partial charge is 0.354 e. The number of carbonyl (C=O) groups is 3. The van der Waals surface area contributed by atoms with E-state index >= 15 is 0 Å². The molecule has 2 atom stereocenters. The zero-order valence-corrected chi connectivity index (χ0v) is 22.5. The number of aromatic nitrogens is 1. The van der Waals surface area contributed by atoms with Gasteiger partial charge in [0.15, 0.2) is 0 Å². The highest BCUT2D eigenvalue weighted by atomic mass is 19.4. The van der Waals surface area contributed by atoms with Gasteiger partial charge in [-0.05, 0) is 29.3 Å². The van der Waals surface area contributed by atoms with Crippen molar-refractivity contribution in [3.05, 3.63) is 125 Å². The SMILES string of the molecule is C=CCN1C(=O)N[C@H](c2ccccc2C(F)(F)F)C2=C1CN([C@H](C(=O)NCCc1ccccn1)c1ccccc1)C2=O. The molecule has 4 amide bonds. The summed E-state index contributed by atoms with van der Waals surface area (Å²) in [5.74, 6) is -1.11. The van der Waals surface area contributed by atoms with E-state index in [1.54, 1.807) is 42.6 Å². The van der Waals surface area contributed by atoms with Crippen molar-refractivity contribution in [3.8, 4) is 0 Å². The Morgan fingerprint density at radius 3 is 2.48 bits per heavy atom. The Labute approximate surface area is 240 Å². The molecule has 5 rings (SSSR count). The first kappa shape index (κ1) is 28.6. The van der Waals surface area contributed by atoms with Crippen LogP contribution in [0.25, 0.3) is 0 Å². The maximum absolute atomic E-state index is 14.1. The van der Waals surface area contributed by atoms with Gasteiger partial charge in [-0.15, -0.1) is 6.58 Å². The molecule has 2 aliphatic rings. The molecule has 2 aliphatic heterocycles. The van der Waals surface area contributed by atoms with Gasteiger partial charge in [0, 0.05) is 31.4 Å². The number of rotatable bonds is 9. The molecule has 11 heteroatoms. The van der Waals surface area contributed by atoms with Gasteiger partial charge < -0.3 is 15.5 Å². The molecule has 3 aromatic rings. The summed E-state index contributed by atoms with van der Waals surface area (Å²) in [4.78, 5) is 47.8. The Balaban J connectivity index is 1.51. The molecule has 42 heavy (non-hydrogen) atoms. The van der Waals surface area contributed by atoms with Gasteiger partial charge in [0.05, 0.1) is 29.4 Å². The molecule has 0 spiro atoms. The number of alkyl halides is 3. The highest BCUT2D eigenvalue weighted by Crippen LogP contribution is 2.43. The Kier molecular flexibility index (Phi) is 8.10. The first-order valence-corrected chi connectivity index (χ1v) is 13.3. The van der Waals surface area contributed by atoms with Gasteiger partial charge >= 0.3 is 12.2 Å². The minimum Gasteiger partial charge on any atom is -0.354 e. The van der Waals surface area contributed by atoms with E-state index in [1.165, 1.54) is 34.1 Å². The monoisotopic (exact) mass is 575 g/mol. The van der Waals surface area contributed by atoms with Crippen molar-refractivity contribution in [2.45, 2.75) is 24.7 Å². The molecule has 2 aromatic carbocycles. The summed E-state index contributed by atoms with van der Waals surface area (Å²) in [5.41, 5.74) is 0.290. The van der Waals surface area contributed by atoms with Crippen LogP contribution in [-0.4, -0.2) is 52.3 Å². The third-order valence-electron chi connectivity index (χ3n) is 7.22. The zero-order chi connectivity index (χ0) is 29.9. The summed E-state index contributed by atoms with van der Waals surface area (Å²) in [6.45, 7) is 3.78. The fraction of sp³-hybridized carbons (Fsp3) is 0.226. The number of urea groups is 1. The number of pyridine rings is 1. The second-order valence-electron chi connectivity index (χ2n) is 9.84. The van der Waals surface area contributed by atoms with Crippen LogP contribution in [0.15, 0.2) is 103 Å². The summed E-state index contributed by atoms with van der Waals surface area (Å²) in [6.07, 6.45) is -1.15. The molecule has 0 saturated carbocycles. The first-order chi connectivity index (χ1) is 20.2. The minimum absolute atomic E-state index is 0.0182. The zero-order valence-electron chi connectivity index (χ0n) is 22.5. The molecular weight excluding hydrogens is 547 g/mol. The van der Waals surface area contributed by atoms with Crippen LogP contribution in [0.5, 0.6) is 0 Å². The van der Waals surface area contributed by atoms with E-state index in [9.17, 15) is 27.6 Å². The summed E-state index contributed by atoms with van der Waals surface area (Å²) in [6, 6.07) is 15.8. The molecule has 1 aromatic heterocycles. The predicted octanol–water partition coefficient (Wildman–Crippen LogP) is 4.55. The third kappa shape index (κ3) is 5.63. The van der Waals surface area contributed by atoms with Gasteiger partial charge in [-0.2, -0.15) is 13.2 Å². The van der Waals surface area contributed by atoms with Crippen LogP contribution < -0.4 is 10.6 Å². The topological polar surface area (TPSA) is 94.6 Å². The lowest BCUT2D eigenvalue weighted by Gasteiger charge is -2.33. The van der Waals surface area contributed by atoms with Crippen molar-refractivity contribution >= 4 is 17.8 Å². The number of nitrogens with zero attached hydrogens (tertiary/aromatic N) is 3. The normalized spacial score (nSPS) is 17.5. The maximum atomic E-state index is 14.1. The second kappa shape index (κ2) is 11.9. The van der Waals surface area contributed by atoms with Crippen LogP contribution in [0.1, 0.15) is 34.5 Å². The van der Waals surface area contributed by atoms with E-state index in [4.69, 9.17) is 0 Å². The number of amides is 4. The van der Waals surface area contributed by atoms with E-state index < -0.39 is 41.7 Å². The number of hydrogen-bond acceptors (Lipinski definition) is 4. The lowest BCUT2D eigenvalue weighted by Crippen LogP contribution is -2.47. The molecule has 2 N–H and O–H groups in total. The number of benzene rings is 2. The van der Waals surface area contributed by atoms with Crippen molar-refractivity contribution in [1.29, 1.82) is 0 Å². The van der Waals surface area contributed by atoms with Crippen molar-refractivity contribution in [3.63, 3.8) is 0 Å². The van der Waals surface area contributed by atoms with Crippen LogP contribution in [0.3, 0.4) is 0 Å². The molecule has 8 nitrogen and oxygen atoms in total. The largest absolute Gasteiger partial charge is 0.416 e. The molecule has 216 valence electrons. The summed E-state index contributed by atoms with van der Waals surface area (Å²) < 4.78 is 42.0. The van der Waals surface area contributed by atoms with Gasteiger partial charge in [0.1, 0.15) is 6.04 Å². The average molecular weight is 576 g/mol. The summed E-state index contributed by atoms with van der Waals surface area (Å²) >= 11 is 0. The quantitative estimate of drug-likeness (QED) is 0.366.